The predicted octanol–water partition coefficient (Wildman–Crippen LogP) is 2.40. The topological polar surface area (TPSA) is 49.0 Å². The van der Waals surface area contributed by atoms with Gasteiger partial charge in [0.2, 0.25) is 0 Å². The van der Waals surface area contributed by atoms with Crippen molar-refractivity contribution in [1.29, 1.82) is 0 Å². The van der Waals surface area contributed by atoms with Crippen LogP contribution in [0.2, 0.25) is 0 Å². The van der Waals surface area contributed by atoms with Crippen molar-refractivity contribution in [2.45, 2.75) is 41.5 Å². The summed E-state index contributed by atoms with van der Waals surface area (Å²) in [6.45, 7) is 23.4. The summed E-state index contributed by atoms with van der Waals surface area (Å²) in [6, 6.07) is 0. The van der Waals surface area contributed by atoms with Gasteiger partial charge in [-0.1, -0.05) is 34.6 Å². The van der Waals surface area contributed by atoms with E-state index in [1.54, 1.807) is 14.2 Å². The summed E-state index contributed by atoms with van der Waals surface area (Å²) in [5.74, 6) is 0. The largest absolute Gasteiger partial charge is 0.385 e. The van der Waals surface area contributed by atoms with Gasteiger partial charge in [0.05, 0.1) is 6.61 Å². The minimum atomic E-state index is 0.819. The molecule has 0 aromatic heterocycles. The lowest BCUT2D eigenvalue weighted by Gasteiger charge is -2.16. The van der Waals surface area contributed by atoms with Gasteiger partial charge in [-0.15, -0.1) is 0 Å². The first-order valence-electron chi connectivity index (χ1n) is 10.2. The molecule has 6 heteroatoms. The van der Waals surface area contributed by atoms with Crippen LogP contribution in [0.3, 0.4) is 0 Å². The summed E-state index contributed by atoms with van der Waals surface area (Å²) in [7, 11) is 7.34. The van der Waals surface area contributed by atoms with Gasteiger partial charge in [0.1, 0.15) is 0 Å². The van der Waals surface area contributed by atoms with E-state index < -0.39 is 0 Å². The van der Waals surface area contributed by atoms with Crippen LogP contribution in [-0.2, 0) is 9.47 Å². The van der Waals surface area contributed by atoms with Crippen LogP contribution < -0.4 is 10.6 Å². The molecule has 164 valence electrons. The molecule has 0 amide bonds. The number of hydrogen-bond donors (Lipinski definition) is 2. The van der Waals surface area contributed by atoms with Crippen molar-refractivity contribution in [3.05, 3.63) is 0 Å². The van der Waals surface area contributed by atoms with E-state index in [0.717, 1.165) is 59.0 Å². The lowest BCUT2D eigenvalue weighted by Crippen LogP contribution is -2.30. The Labute approximate surface area is 166 Å². The summed E-state index contributed by atoms with van der Waals surface area (Å²) in [5.41, 5.74) is 0. The van der Waals surface area contributed by atoms with Crippen LogP contribution in [0.1, 0.15) is 41.5 Å². The fourth-order valence-corrected chi connectivity index (χ4v) is 1.57. The van der Waals surface area contributed by atoms with Crippen molar-refractivity contribution in [3.8, 4) is 0 Å². The van der Waals surface area contributed by atoms with Gasteiger partial charge in [-0.2, -0.15) is 0 Å². The average Bonchev–Trinajstić information content (AvgIpc) is 2.70. The molecule has 0 saturated carbocycles. The van der Waals surface area contributed by atoms with Crippen molar-refractivity contribution in [2.75, 3.05) is 93.9 Å². The summed E-state index contributed by atoms with van der Waals surface area (Å²) < 4.78 is 9.48. The van der Waals surface area contributed by atoms with Crippen molar-refractivity contribution in [2.24, 2.45) is 0 Å². The molecule has 0 aliphatic carbocycles. The van der Waals surface area contributed by atoms with E-state index in [2.05, 4.69) is 59.8 Å². The Balaban J connectivity index is -0.000000134. The van der Waals surface area contributed by atoms with E-state index >= 15 is 0 Å². The van der Waals surface area contributed by atoms with E-state index in [1.807, 2.05) is 21.0 Å². The molecule has 0 heterocycles. The zero-order valence-electron chi connectivity index (χ0n) is 19.8. The Morgan fingerprint density at radius 1 is 0.654 bits per heavy atom. The Morgan fingerprint density at radius 2 is 1.04 bits per heavy atom. The molecule has 0 aliphatic rings. The Bertz CT molecular complexity index is 167. The molecular weight excluding hydrogens is 328 g/mol. The SMILES string of the molecule is CCN(CC)CCNC.CCN(CC)CCOC.CCNC.CCOC. The molecule has 0 fully saturated rings. The monoisotopic (exact) mass is 380 g/mol. The molecule has 2 N–H and O–H groups in total. The summed E-state index contributed by atoms with van der Waals surface area (Å²) in [5, 5.41) is 6.06. The van der Waals surface area contributed by atoms with Gasteiger partial charge in [-0.05, 0) is 53.7 Å². The zero-order chi connectivity index (χ0) is 21.1. The van der Waals surface area contributed by atoms with Gasteiger partial charge in [0, 0.05) is 40.5 Å². The van der Waals surface area contributed by atoms with Crippen LogP contribution in [0.5, 0.6) is 0 Å². The smallest absolute Gasteiger partial charge is 0.0589 e. The highest BCUT2D eigenvalue weighted by atomic mass is 16.5. The van der Waals surface area contributed by atoms with Crippen LogP contribution >= 0.6 is 0 Å². The number of nitrogens with one attached hydrogen (secondary N) is 2. The fraction of sp³-hybridized carbons (Fsp3) is 1.00. The third-order valence-electron chi connectivity index (χ3n) is 3.72. The molecule has 0 saturated heterocycles. The average molecular weight is 381 g/mol. The van der Waals surface area contributed by atoms with Crippen LogP contribution in [0.25, 0.3) is 0 Å². The van der Waals surface area contributed by atoms with Crippen molar-refractivity contribution in [3.63, 3.8) is 0 Å². The maximum atomic E-state index is 4.93. The third-order valence-corrected chi connectivity index (χ3v) is 3.72. The number of hydrogen-bond acceptors (Lipinski definition) is 6. The van der Waals surface area contributed by atoms with Crippen molar-refractivity contribution < 1.29 is 9.47 Å². The highest BCUT2D eigenvalue weighted by Crippen LogP contribution is 1.84. The van der Waals surface area contributed by atoms with Gasteiger partial charge >= 0.3 is 0 Å². The molecule has 0 unspecified atom stereocenters. The van der Waals surface area contributed by atoms with Crippen molar-refractivity contribution in [1.82, 2.24) is 20.4 Å². The quantitative estimate of drug-likeness (QED) is 0.542. The maximum absolute atomic E-state index is 4.93. The van der Waals surface area contributed by atoms with E-state index in [-0.39, 0.29) is 0 Å². The van der Waals surface area contributed by atoms with E-state index in [9.17, 15) is 0 Å². The van der Waals surface area contributed by atoms with Crippen LogP contribution in [0.15, 0.2) is 0 Å². The molecule has 0 atom stereocenters. The Hall–Kier alpha value is -0.240. The second kappa shape index (κ2) is 35.8. The number of nitrogens with zero attached hydrogens (tertiary/aromatic N) is 2. The standard InChI is InChI=1S/C7H18N2.C7H17NO.C3H9N.C3H8O/c1-4-9(5-2)7-6-8-3;1-4-8(5-2)6-7-9-3;2*1-3-4-2/h8H,4-7H2,1-3H3;4-7H2,1-3H3;4H,3H2,1-2H3;3H2,1-2H3. The number of ether oxygens (including phenoxy) is 2. The predicted molar refractivity (Wildman–Crippen MR) is 119 cm³/mol. The van der Waals surface area contributed by atoms with E-state index in [4.69, 9.17) is 4.74 Å². The molecule has 0 rings (SSSR count). The zero-order valence-corrected chi connectivity index (χ0v) is 19.8. The minimum absolute atomic E-state index is 0.819. The lowest BCUT2D eigenvalue weighted by atomic mass is 10.5. The number of rotatable bonds is 12. The maximum Gasteiger partial charge on any atom is 0.0589 e. The first-order valence-corrected chi connectivity index (χ1v) is 10.2. The first kappa shape index (κ1) is 33.4. The van der Waals surface area contributed by atoms with Crippen LogP contribution in [0, 0.1) is 0 Å². The lowest BCUT2D eigenvalue weighted by molar-refractivity contribution is 0.154. The highest BCUT2D eigenvalue weighted by Gasteiger charge is 1.95. The molecule has 6 nitrogen and oxygen atoms in total. The molecule has 0 aromatic carbocycles. The van der Waals surface area contributed by atoms with Crippen molar-refractivity contribution >= 4 is 0 Å². The molecule has 0 aliphatic heterocycles. The molecule has 0 spiro atoms. The van der Waals surface area contributed by atoms with Gasteiger partial charge in [-0.3, -0.25) is 0 Å². The highest BCUT2D eigenvalue weighted by molar-refractivity contribution is 4.52. The normalized spacial score (nSPS) is 9.69. The van der Waals surface area contributed by atoms with E-state index in [0.29, 0.717) is 0 Å². The minimum Gasteiger partial charge on any atom is -0.385 e. The third kappa shape index (κ3) is 39.0. The number of methoxy groups -OCH3 is 2. The second-order valence-electron chi connectivity index (χ2n) is 5.43. The van der Waals surface area contributed by atoms with Gasteiger partial charge in [0.25, 0.3) is 0 Å². The van der Waals surface area contributed by atoms with Crippen LogP contribution in [0.4, 0.5) is 0 Å². The summed E-state index contributed by atoms with van der Waals surface area (Å²) >= 11 is 0. The molecule has 26 heavy (non-hydrogen) atoms. The molecule has 0 radical (unpaired) electrons. The summed E-state index contributed by atoms with van der Waals surface area (Å²) in [4.78, 5) is 4.74. The Kier molecular flexibility index (Phi) is 45.9. The molecule has 0 bridgehead atoms. The Morgan fingerprint density at radius 3 is 1.27 bits per heavy atom. The summed E-state index contributed by atoms with van der Waals surface area (Å²) in [6.07, 6.45) is 0. The second-order valence-corrected chi connectivity index (χ2v) is 5.43. The van der Waals surface area contributed by atoms with Crippen LogP contribution in [-0.4, -0.2) is 104 Å². The molecular formula is C20H52N4O2. The van der Waals surface area contributed by atoms with Gasteiger partial charge < -0.3 is 29.9 Å². The molecule has 0 aromatic rings. The number of likely N-dealkylation sites (N-methyl/N-ethyl adjacent to an activating group) is 3. The van der Waals surface area contributed by atoms with Gasteiger partial charge in [-0.25, -0.2) is 0 Å². The van der Waals surface area contributed by atoms with Gasteiger partial charge in [0.15, 0.2) is 0 Å². The van der Waals surface area contributed by atoms with E-state index in [1.165, 1.54) is 6.54 Å². The first-order chi connectivity index (χ1) is 12.5. The fourth-order valence-electron chi connectivity index (χ4n) is 1.57.